The molecule has 0 spiro atoms. The van der Waals surface area contributed by atoms with Crippen molar-refractivity contribution < 1.29 is 9.53 Å². The molecule has 0 heterocycles. The summed E-state index contributed by atoms with van der Waals surface area (Å²) in [6.07, 6.45) is 6.65. The minimum absolute atomic E-state index is 0.137. The molecule has 2 nitrogen and oxygen atoms in total. The van der Waals surface area contributed by atoms with Crippen molar-refractivity contribution in [2.24, 2.45) is 5.92 Å². The number of hydrogen-bond acceptors (Lipinski definition) is 2. The number of carbonyl (C=O) groups excluding carboxylic acids is 1. The van der Waals surface area contributed by atoms with Crippen LogP contribution >= 0.6 is 0 Å². The lowest BCUT2D eigenvalue weighted by atomic mass is 10.1. The molecule has 1 atom stereocenters. The lowest BCUT2D eigenvalue weighted by Crippen LogP contribution is -2.04. The average molecular weight is 210 g/mol. The van der Waals surface area contributed by atoms with Gasteiger partial charge in [0.15, 0.2) is 0 Å². The smallest absolute Gasteiger partial charge is 0.305 e. The number of carbonyl (C=O) groups is 1. The van der Waals surface area contributed by atoms with Crippen LogP contribution < -0.4 is 0 Å². The van der Waals surface area contributed by atoms with Crippen molar-refractivity contribution in [3.8, 4) is 0 Å². The van der Waals surface area contributed by atoms with Gasteiger partial charge in [-0.25, -0.2) is 0 Å². The van der Waals surface area contributed by atoms with Crippen molar-refractivity contribution >= 4 is 5.97 Å². The summed E-state index contributed by atoms with van der Waals surface area (Å²) in [5, 5.41) is 0. The standard InChI is InChI=1S/C13H22O2/c1-5-11(3)8-7-9-12(4)10-15-13(14)6-2/h5,9,11H,1,6-8,10H2,2-4H3/b12-9+. The Hall–Kier alpha value is -1.05. The van der Waals surface area contributed by atoms with Crippen molar-refractivity contribution in [2.75, 3.05) is 6.61 Å². The van der Waals surface area contributed by atoms with Crippen LogP contribution in [0.5, 0.6) is 0 Å². The molecule has 86 valence electrons. The highest BCUT2D eigenvalue weighted by atomic mass is 16.5. The predicted octanol–water partition coefficient (Wildman–Crippen LogP) is 3.49. The Bertz CT molecular complexity index is 229. The maximum absolute atomic E-state index is 10.9. The molecular formula is C13H22O2. The van der Waals surface area contributed by atoms with Crippen molar-refractivity contribution in [2.45, 2.75) is 40.0 Å². The zero-order chi connectivity index (χ0) is 11.7. The van der Waals surface area contributed by atoms with Gasteiger partial charge in [0.2, 0.25) is 0 Å². The fourth-order valence-electron chi connectivity index (χ4n) is 1.07. The van der Waals surface area contributed by atoms with E-state index >= 15 is 0 Å². The minimum Gasteiger partial charge on any atom is -0.461 e. The summed E-state index contributed by atoms with van der Waals surface area (Å²) in [5.41, 5.74) is 1.12. The van der Waals surface area contributed by atoms with E-state index < -0.39 is 0 Å². The van der Waals surface area contributed by atoms with E-state index in [0.717, 1.165) is 18.4 Å². The Morgan fingerprint density at radius 3 is 2.73 bits per heavy atom. The average Bonchev–Trinajstić information content (AvgIpc) is 2.25. The van der Waals surface area contributed by atoms with Crippen molar-refractivity contribution in [3.05, 3.63) is 24.3 Å². The zero-order valence-electron chi connectivity index (χ0n) is 10.1. The third-order valence-electron chi connectivity index (χ3n) is 2.27. The molecule has 1 unspecified atom stereocenters. The SMILES string of the molecule is C=CC(C)CC/C=C(\C)COC(=O)CC. The number of ether oxygens (including phenoxy) is 1. The quantitative estimate of drug-likeness (QED) is 0.475. The van der Waals surface area contributed by atoms with Crippen molar-refractivity contribution in [1.82, 2.24) is 0 Å². The molecule has 0 radical (unpaired) electrons. The van der Waals surface area contributed by atoms with Crippen LogP contribution in [-0.4, -0.2) is 12.6 Å². The van der Waals surface area contributed by atoms with Crippen LogP contribution in [0, 0.1) is 5.92 Å². The summed E-state index contributed by atoms with van der Waals surface area (Å²) in [7, 11) is 0. The van der Waals surface area contributed by atoms with Gasteiger partial charge in [-0.1, -0.05) is 26.0 Å². The monoisotopic (exact) mass is 210 g/mol. The van der Waals surface area contributed by atoms with Gasteiger partial charge in [0, 0.05) is 6.42 Å². The first-order valence-electron chi connectivity index (χ1n) is 5.54. The van der Waals surface area contributed by atoms with E-state index in [9.17, 15) is 4.79 Å². The molecule has 0 aliphatic carbocycles. The summed E-state index contributed by atoms with van der Waals surface area (Å²) in [6.45, 7) is 10.1. The number of esters is 1. The number of hydrogen-bond donors (Lipinski definition) is 0. The Kier molecular flexibility index (Phi) is 7.69. The molecule has 2 heteroatoms. The van der Waals surface area contributed by atoms with Crippen LogP contribution in [-0.2, 0) is 9.53 Å². The summed E-state index contributed by atoms with van der Waals surface area (Å²) in [6, 6.07) is 0. The second-order valence-electron chi connectivity index (χ2n) is 3.86. The van der Waals surface area contributed by atoms with Gasteiger partial charge in [0.1, 0.15) is 6.61 Å². The van der Waals surface area contributed by atoms with E-state index in [-0.39, 0.29) is 5.97 Å². The minimum atomic E-state index is -0.137. The Balaban J connectivity index is 3.69. The maximum Gasteiger partial charge on any atom is 0.305 e. The largest absolute Gasteiger partial charge is 0.461 e. The van der Waals surface area contributed by atoms with E-state index in [2.05, 4.69) is 19.6 Å². The molecule has 0 aromatic heterocycles. The molecule has 0 fully saturated rings. The normalized spacial score (nSPS) is 13.4. The molecule has 0 rings (SSSR count). The summed E-state index contributed by atoms with van der Waals surface area (Å²) in [5.74, 6) is 0.412. The first kappa shape index (κ1) is 13.9. The molecule has 15 heavy (non-hydrogen) atoms. The van der Waals surface area contributed by atoms with Gasteiger partial charge >= 0.3 is 5.97 Å². The van der Waals surface area contributed by atoms with Gasteiger partial charge in [0.05, 0.1) is 0 Å². The lowest BCUT2D eigenvalue weighted by molar-refractivity contribution is -0.142. The van der Waals surface area contributed by atoms with Crippen LogP contribution in [0.25, 0.3) is 0 Å². The summed E-state index contributed by atoms with van der Waals surface area (Å²) in [4.78, 5) is 10.9. The highest BCUT2D eigenvalue weighted by Gasteiger charge is 1.99. The van der Waals surface area contributed by atoms with Gasteiger partial charge in [-0.15, -0.1) is 6.58 Å². The van der Waals surface area contributed by atoms with Crippen molar-refractivity contribution in [1.29, 1.82) is 0 Å². The Morgan fingerprint density at radius 1 is 1.53 bits per heavy atom. The molecule has 0 amide bonds. The predicted molar refractivity (Wildman–Crippen MR) is 63.6 cm³/mol. The topological polar surface area (TPSA) is 26.3 Å². The second kappa shape index (κ2) is 8.27. The molecule has 0 N–H and O–H groups in total. The van der Waals surface area contributed by atoms with Gasteiger partial charge in [0.25, 0.3) is 0 Å². The molecule has 0 aliphatic heterocycles. The Labute approximate surface area is 93.0 Å². The lowest BCUT2D eigenvalue weighted by Gasteiger charge is -2.05. The van der Waals surface area contributed by atoms with E-state index in [1.165, 1.54) is 0 Å². The van der Waals surface area contributed by atoms with Gasteiger partial charge < -0.3 is 4.74 Å². The fourth-order valence-corrected chi connectivity index (χ4v) is 1.07. The first-order valence-corrected chi connectivity index (χ1v) is 5.54. The molecule has 0 aliphatic rings. The third kappa shape index (κ3) is 7.98. The number of rotatable bonds is 7. The van der Waals surface area contributed by atoms with E-state index in [1.807, 2.05) is 13.0 Å². The molecule has 0 saturated heterocycles. The first-order chi connectivity index (χ1) is 7.10. The molecular weight excluding hydrogens is 188 g/mol. The highest BCUT2D eigenvalue weighted by Crippen LogP contribution is 2.08. The summed E-state index contributed by atoms with van der Waals surface area (Å²) >= 11 is 0. The highest BCUT2D eigenvalue weighted by molar-refractivity contribution is 5.69. The fraction of sp³-hybridized carbons (Fsp3) is 0.615. The van der Waals surface area contributed by atoms with E-state index in [4.69, 9.17) is 4.74 Å². The van der Waals surface area contributed by atoms with Crippen LogP contribution in [0.4, 0.5) is 0 Å². The maximum atomic E-state index is 10.9. The molecule has 0 bridgehead atoms. The zero-order valence-corrected chi connectivity index (χ0v) is 10.1. The second-order valence-corrected chi connectivity index (χ2v) is 3.86. The van der Waals surface area contributed by atoms with Crippen LogP contribution in [0.3, 0.4) is 0 Å². The van der Waals surface area contributed by atoms with E-state index in [0.29, 0.717) is 18.9 Å². The van der Waals surface area contributed by atoms with Crippen molar-refractivity contribution in [3.63, 3.8) is 0 Å². The van der Waals surface area contributed by atoms with Gasteiger partial charge in [-0.3, -0.25) is 4.79 Å². The number of allylic oxidation sites excluding steroid dienone is 2. The van der Waals surface area contributed by atoms with Crippen LogP contribution in [0.15, 0.2) is 24.3 Å². The van der Waals surface area contributed by atoms with Gasteiger partial charge in [-0.05, 0) is 31.3 Å². The summed E-state index contributed by atoms with van der Waals surface area (Å²) < 4.78 is 5.01. The van der Waals surface area contributed by atoms with Crippen LogP contribution in [0.1, 0.15) is 40.0 Å². The molecule has 0 aromatic rings. The third-order valence-corrected chi connectivity index (χ3v) is 2.27. The van der Waals surface area contributed by atoms with E-state index in [1.54, 1.807) is 6.92 Å². The van der Waals surface area contributed by atoms with Gasteiger partial charge in [-0.2, -0.15) is 0 Å². The van der Waals surface area contributed by atoms with Crippen LogP contribution in [0.2, 0.25) is 0 Å². The Morgan fingerprint density at radius 2 is 2.20 bits per heavy atom. The molecule has 0 saturated carbocycles. The molecule has 0 aromatic carbocycles.